The summed E-state index contributed by atoms with van der Waals surface area (Å²) in [4.78, 5) is 27.1. The van der Waals surface area contributed by atoms with E-state index in [1.54, 1.807) is 0 Å². The van der Waals surface area contributed by atoms with E-state index < -0.39 is 5.97 Å². The average Bonchev–Trinajstić information content (AvgIpc) is 2.53. The number of piperidine rings is 1. The van der Waals surface area contributed by atoms with Gasteiger partial charge in [0.2, 0.25) is 0 Å². The van der Waals surface area contributed by atoms with Crippen molar-refractivity contribution < 1.29 is 14.7 Å². The highest BCUT2D eigenvalue weighted by Crippen LogP contribution is 2.25. The van der Waals surface area contributed by atoms with Crippen LogP contribution in [0.5, 0.6) is 0 Å². The van der Waals surface area contributed by atoms with Gasteiger partial charge in [0.05, 0.1) is 6.54 Å². The molecule has 2 rings (SSSR count). The van der Waals surface area contributed by atoms with Crippen LogP contribution in [0.15, 0.2) is 0 Å². The molecule has 7 heteroatoms. The van der Waals surface area contributed by atoms with Crippen LogP contribution in [0.4, 0.5) is 4.79 Å². The van der Waals surface area contributed by atoms with Crippen molar-refractivity contribution in [2.75, 3.05) is 39.3 Å². The first-order valence-corrected chi connectivity index (χ1v) is 9.31. The number of nitrogens with one attached hydrogen (secondary N) is 2. The normalized spacial score (nSPS) is 24.4. The molecule has 138 valence electrons. The summed E-state index contributed by atoms with van der Waals surface area (Å²) in [5.74, 6) is -0.792. The number of carboxylic acid groups (broad SMARTS) is 1. The molecule has 0 aromatic heterocycles. The third-order valence-electron chi connectivity index (χ3n) is 5.09. The van der Waals surface area contributed by atoms with Crippen LogP contribution in [-0.4, -0.2) is 78.3 Å². The molecule has 24 heavy (non-hydrogen) atoms. The summed E-state index contributed by atoms with van der Waals surface area (Å²) in [5.41, 5.74) is 0. The van der Waals surface area contributed by atoms with E-state index in [9.17, 15) is 9.59 Å². The first-order valence-electron chi connectivity index (χ1n) is 9.31. The van der Waals surface area contributed by atoms with Gasteiger partial charge in [0.25, 0.3) is 0 Å². The molecule has 1 saturated heterocycles. The fourth-order valence-electron chi connectivity index (χ4n) is 3.60. The number of rotatable bonds is 9. The average molecular weight is 340 g/mol. The lowest BCUT2D eigenvalue weighted by Crippen LogP contribution is -2.56. The number of likely N-dealkylation sites (tertiary alicyclic amines) is 1. The molecule has 2 amide bonds. The highest BCUT2D eigenvalue weighted by Gasteiger charge is 2.34. The molecule has 0 spiro atoms. The number of hydrogen-bond acceptors (Lipinski definition) is 4. The Labute approximate surface area is 144 Å². The SMILES string of the molecule is CCN(CC(=O)O)C1CC(NC(=O)NCCCN2CCCCC2)C1. The van der Waals surface area contributed by atoms with Crippen molar-refractivity contribution in [1.29, 1.82) is 0 Å². The Morgan fingerprint density at radius 3 is 2.54 bits per heavy atom. The van der Waals surface area contributed by atoms with Gasteiger partial charge in [0, 0.05) is 18.6 Å². The maximum Gasteiger partial charge on any atom is 0.317 e. The highest BCUT2D eigenvalue weighted by molar-refractivity contribution is 5.74. The largest absolute Gasteiger partial charge is 0.480 e. The Kier molecular flexibility index (Phi) is 7.78. The number of amides is 2. The number of carbonyl (C=O) groups excluding carboxylic acids is 1. The van der Waals surface area contributed by atoms with Crippen LogP contribution in [0.25, 0.3) is 0 Å². The molecule has 2 fully saturated rings. The van der Waals surface area contributed by atoms with Gasteiger partial charge in [-0.1, -0.05) is 13.3 Å². The van der Waals surface area contributed by atoms with E-state index in [-0.39, 0.29) is 24.7 Å². The molecule has 3 N–H and O–H groups in total. The van der Waals surface area contributed by atoms with Gasteiger partial charge >= 0.3 is 12.0 Å². The van der Waals surface area contributed by atoms with Gasteiger partial charge in [-0.2, -0.15) is 0 Å². The number of hydrogen-bond donors (Lipinski definition) is 3. The predicted molar refractivity (Wildman–Crippen MR) is 93.1 cm³/mol. The third-order valence-corrected chi connectivity index (χ3v) is 5.09. The number of carboxylic acids is 1. The zero-order valence-electron chi connectivity index (χ0n) is 14.8. The molecule has 0 atom stereocenters. The zero-order chi connectivity index (χ0) is 17.4. The summed E-state index contributed by atoms with van der Waals surface area (Å²) in [5, 5.41) is 14.8. The van der Waals surface area contributed by atoms with E-state index in [0.717, 1.165) is 32.4 Å². The standard InChI is InChI=1S/C17H32N4O3/c1-2-21(13-16(22)23)15-11-14(12-15)19-17(24)18-7-6-10-20-8-4-3-5-9-20/h14-15H,2-13H2,1H3,(H,22,23)(H2,18,19,24). The minimum atomic E-state index is -0.792. The van der Waals surface area contributed by atoms with Gasteiger partial charge in [0.1, 0.15) is 0 Å². The Morgan fingerprint density at radius 2 is 1.92 bits per heavy atom. The van der Waals surface area contributed by atoms with Gasteiger partial charge in [0.15, 0.2) is 0 Å². The minimum Gasteiger partial charge on any atom is -0.480 e. The summed E-state index contributed by atoms with van der Waals surface area (Å²) >= 11 is 0. The first-order chi connectivity index (χ1) is 11.6. The maximum atomic E-state index is 11.9. The van der Waals surface area contributed by atoms with E-state index in [4.69, 9.17) is 5.11 Å². The summed E-state index contributed by atoms with van der Waals surface area (Å²) in [6, 6.07) is 0.341. The summed E-state index contributed by atoms with van der Waals surface area (Å²) < 4.78 is 0. The maximum absolute atomic E-state index is 11.9. The molecule has 0 radical (unpaired) electrons. The van der Waals surface area contributed by atoms with Crippen molar-refractivity contribution in [3.05, 3.63) is 0 Å². The lowest BCUT2D eigenvalue weighted by atomic mass is 9.85. The quantitative estimate of drug-likeness (QED) is 0.547. The van der Waals surface area contributed by atoms with Crippen LogP contribution >= 0.6 is 0 Å². The van der Waals surface area contributed by atoms with Crippen LogP contribution in [0.2, 0.25) is 0 Å². The molecular formula is C17H32N4O3. The molecule has 1 saturated carbocycles. The lowest BCUT2D eigenvalue weighted by Gasteiger charge is -2.42. The van der Waals surface area contributed by atoms with Crippen LogP contribution in [-0.2, 0) is 4.79 Å². The zero-order valence-corrected chi connectivity index (χ0v) is 14.8. The molecule has 2 aliphatic rings. The fourth-order valence-corrected chi connectivity index (χ4v) is 3.60. The van der Waals surface area contributed by atoms with Crippen LogP contribution < -0.4 is 10.6 Å². The second kappa shape index (κ2) is 9.84. The number of urea groups is 1. The van der Waals surface area contributed by atoms with E-state index in [2.05, 4.69) is 15.5 Å². The molecular weight excluding hydrogens is 308 g/mol. The van der Waals surface area contributed by atoms with E-state index in [1.165, 1.54) is 32.4 Å². The smallest absolute Gasteiger partial charge is 0.317 e. The monoisotopic (exact) mass is 340 g/mol. The van der Waals surface area contributed by atoms with Crippen molar-refractivity contribution in [3.63, 3.8) is 0 Å². The van der Waals surface area contributed by atoms with E-state index in [1.807, 2.05) is 11.8 Å². The van der Waals surface area contributed by atoms with Crippen molar-refractivity contribution in [1.82, 2.24) is 20.4 Å². The number of carbonyl (C=O) groups is 2. The van der Waals surface area contributed by atoms with Crippen molar-refractivity contribution >= 4 is 12.0 Å². The number of aliphatic carboxylic acids is 1. The molecule has 1 aliphatic carbocycles. The van der Waals surface area contributed by atoms with Gasteiger partial charge in [-0.15, -0.1) is 0 Å². The predicted octanol–water partition coefficient (Wildman–Crippen LogP) is 1.10. The van der Waals surface area contributed by atoms with Crippen LogP contribution in [0, 0.1) is 0 Å². The van der Waals surface area contributed by atoms with Crippen molar-refractivity contribution in [2.24, 2.45) is 0 Å². The molecule has 0 bridgehead atoms. The minimum absolute atomic E-state index is 0.0799. The van der Waals surface area contributed by atoms with E-state index in [0.29, 0.717) is 6.54 Å². The molecule has 0 aromatic carbocycles. The first kappa shape index (κ1) is 19.0. The lowest BCUT2D eigenvalue weighted by molar-refractivity contribution is -0.139. The molecule has 0 unspecified atom stereocenters. The second-order valence-corrected chi connectivity index (χ2v) is 6.94. The molecule has 7 nitrogen and oxygen atoms in total. The van der Waals surface area contributed by atoms with Gasteiger partial charge in [-0.05, 0) is 58.3 Å². The molecule has 1 heterocycles. The number of nitrogens with zero attached hydrogens (tertiary/aromatic N) is 2. The summed E-state index contributed by atoms with van der Waals surface area (Å²) in [6.45, 7) is 6.94. The van der Waals surface area contributed by atoms with Crippen LogP contribution in [0.1, 0.15) is 45.4 Å². The van der Waals surface area contributed by atoms with Crippen molar-refractivity contribution in [2.45, 2.75) is 57.5 Å². The Bertz CT molecular complexity index is 407. The molecule has 1 aliphatic heterocycles. The Hall–Kier alpha value is -1.34. The summed E-state index contributed by atoms with van der Waals surface area (Å²) in [6.07, 6.45) is 6.61. The number of likely N-dealkylation sites (N-methyl/N-ethyl adjacent to an activating group) is 1. The van der Waals surface area contributed by atoms with E-state index >= 15 is 0 Å². The second-order valence-electron chi connectivity index (χ2n) is 6.94. The topological polar surface area (TPSA) is 84.9 Å². The van der Waals surface area contributed by atoms with Gasteiger partial charge in [-0.3, -0.25) is 9.69 Å². The Morgan fingerprint density at radius 1 is 1.21 bits per heavy atom. The summed E-state index contributed by atoms with van der Waals surface area (Å²) in [7, 11) is 0. The van der Waals surface area contributed by atoms with Crippen molar-refractivity contribution in [3.8, 4) is 0 Å². The third kappa shape index (κ3) is 6.28. The van der Waals surface area contributed by atoms with Gasteiger partial charge < -0.3 is 20.6 Å². The highest BCUT2D eigenvalue weighted by atomic mass is 16.4. The van der Waals surface area contributed by atoms with Gasteiger partial charge in [-0.25, -0.2) is 4.79 Å². The molecule has 0 aromatic rings. The Balaban J connectivity index is 1.51. The van der Waals surface area contributed by atoms with Crippen LogP contribution in [0.3, 0.4) is 0 Å². The fraction of sp³-hybridized carbons (Fsp3) is 0.882.